The van der Waals surface area contributed by atoms with Gasteiger partial charge in [0.25, 0.3) is 5.78 Å². The van der Waals surface area contributed by atoms with E-state index in [2.05, 4.69) is 11.3 Å². The maximum Gasteiger partial charge on any atom is 0.379 e. The van der Waals surface area contributed by atoms with Crippen LogP contribution in [0.25, 0.3) is 0 Å². The van der Waals surface area contributed by atoms with E-state index in [1.165, 1.54) is 6.07 Å². The summed E-state index contributed by atoms with van der Waals surface area (Å²) in [6, 6.07) is 6.53. The van der Waals surface area contributed by atoms with E-state index in [0.29, 0.717) is 5.75 Å². The molecule has 0 radical (unpaired) electrons. The van der Waals surface area contributed by atoms with Gasteiger partial charge in [0, 0.05) is 0 Å². The van der Waals surface area contributed by atoms with E-state index in [4.69, 9.17) is 4.74 Å². The van der Waals surface area contributed by atoms with Crippen LogP contribution in [0.4, 0.5) is 0 Å². The third-order valence-corrected chi connectivity index (χ3v) is 1.95. The molecule has 0 bridgehead atoms. The molecule has 0 aliphatic carbocycles. The molecule has 0 saturated heterocycles. The molecule has 0 unspecified atom stereocenters. The number of carbonyl (C=O) groups excluding carboxylic acids is 2. The van der Waals surface area contributed by atoms with Gasteiger partial charge in [0.05, 0.1) is 12.2 Å². The Kier molecular flexibility index (Phi) is 4.94. The molecule has 0 N–H and O–H groups in total. The molecule has 1 aromatic carbocycles. The standard InChI is InChI=1S/C13H14O4/c1-3-9-17-11-8-6-5-7-10(11)12(14)13(15)16-4-2/h3,5-8H,1,4,9H2,2H3. The minimum atomic E-state index is -0.873. The minimum Gasteiger partial charge on any atom is -0.489 e. The van der Waals surface area contributed by atoms with Crippen molar-refractivity contribution in [2.24, 2.45) is 0 Å². The molecule has 4 nitrogen and oxygen atoms in total. The average molecular weight is 234 g/mol. The Morgan fingerprint density at radius 1 is 1.35 bits per heavy atom. The third kappa shape index (κ3) is 3.45. The lowest BCUT2D eigenvalue weighted by atomic mass is 10.1. The second kappa shape index (κ2) is 6.48. The summed E-state index contributed by atoms with van der Waals surface area (Å²) >= 11 is 0. The van der Waals surface area contributed by atoms with Crippen LogP contribution in [0.15, 0.2) is 36.9 Å². The van der Waals surface area contributed by atoms with Gasteiger partial charge in [-0.3, -0.25) is 4.79 Å². The van der Waals surface area contributed by atoms with Gasteiger partial charge in [0.1, 0.15) is 12.4 Å². The molecule has 0 spiro atoms. The fourth-order valence-corrected chi connectivity index (χ4v) is 1.24. The Morgan fingerprint density at radius 3 is 2.71 bits per heavy atom. The molecule has 0 heterocycles. The SMILES string of the molecule is C=CCOc1ccccc1C(=O)C(=O)OCC. The van der Waals surface area contributed by atoms with Crippen molar-refractivity contribution in [1.29, 1.82) is 0 Å². The maximum absolute atomic E-state index is 11.7. The number of ketones is 1. The Balaban J connectivity index is 2.92. The van der Waals surface area contributed by atoms with Crippen molar-refractivity contribution in [2.75, 3.05) is 13.2 Å². The Bertz CT molecular complexity index is 423. The van der Waals surface area contributed by atoms with Gasteiger partial charge in [-0.15, -0.1) is 0 Å². The van der Waals surface area contributed by atoms with Gasteiger partial charge in [0.2, 0.25) is 0 Å². The molecule has 1 rings (SSSR count). The topological polar surface area (TPSA) is 52.6 Å². The molecule has 0 aromatic heterocycles. The number of hydrogen-bond donors (Lipinski definition) is 0. The monoisotopic (exact) mass is 234 g/mol. The zero-order valence-electron chi connectivity index (χ0n) is 9.64. The molecule has 0 aliphatic rings. The highest BCUT2D eigenvalue weighted by Gasteiger charge is 2.20. The molecule has 4 heteroatoms. The second-order valence-corrected chi connectivity index (χ2v) is 3.15. The molecule has 1 aromatic rings. The van der Waals surface area contributed by atoms with E-state index >= 15 is 0 Å². The highest BCUT2D eigenvalue weighted by molar-refractivity contribution is 6.41. The summed E-state index contributed by atoms with van der Waals surface area (Å²) in [6.07, 6.45) is 1.56. The lowest BCUT2D eigenvalue weighted by molar-refractivity contribution is -0.137. The predicted octanol–water partition coefficient (Wildman–Crippen LogP) is 2.00. The van der Waals surface area contributed by atoms with Crippen LogP contribution in [0.3, 0.4) is 0 Å². The summed E-state index contributed by atoms with van der Waals surface area (Å²) in [5.41, 5.74) is 0.202. The Hall–Kier alpha value is -2.10. The summed E-state index contributed by atoms with van der Waals surface area (Å²) in [5.74, 6) is -1.22. The number of benzene rings is 1. The van der Waals surface area contributed by atoms with Crippen molar-refractivity contribution in [3.63, 3.8) is 0 Å². The third-order valence-electron chi connectivity index (χ3n) is 1.95. The van der Waals surface area contributed by atoms with Crippen LogP contribution in [0, 0.1) is 0 Å². The van der Waals surface area contributed by atoms with Crippen molar-refractivity contribution in [3.8, 4) is 5.75 Å². The van der Waals surface area contributed by atoms with Crippen molar-refractivity contribution in [3.05, 3.63) is 42.5 Å². The zero-order chi connectivity index (χ0) is 12.7. The second-order valence-electron chi connectivity index (χ2n) is 3.15. The number of hydrogen-bond acceptors (Lipinski definition) is 4. The fourth-order valence-electron chi connectivity index (χ4n) is 1.24. The van der Waals surface area contributed by atoms with Crippen molar-refractivity contribution in [2.45, 2.75) is 6.92 Å². The molecule has 17 heavy (non-hydrogen) atoms. The quantitative estimate of drug-likeness (QED) is 0.327. The fraction of sp³-hybridized carbons (Fsp3) is 0.231. The first kappa shape index (κ1) is 13.0. The van der Waals surface area contributed by atoms with Gasteiger partial charge >= 0.3 is 5.97 Å². The van der Waals surface area contributed by atoms with Crippen LogP contribution in [0.5, 0.6) is 5.75 Å². The molecule has 90 valence electrons. The number of rotatable bonds is 6. The van der Waals surface area contributed by atoms with Gasteiger partial charge in [0.15, 0.2) is 0 Å². The molecule has 0 amide bonds. The maximum atomic E-state index is 11.7. The van der Waals surface area contributed by atoms with Gasteiger partial charge in [-0.25, -0.2) is 4.79 Å². The van der Waals surface area contributed by atoms with E-state index in [9.17, 15) is 9.59 Å². The first-order valence-electron chi connectivity index (χ1n) is 5.24. The van der Waals surface area contributed by atoms with Crippen LogP contribution in [-0.2, 0) is 9.53 Å². The van der Waals surface area contributed by atoms with Crippen LogP contribution < -0.4 is 4.74 Å². The smallest absolute Gasteiger partial charge is 0.379 e. The van der Waals surface area contributed by atoms with E-state index in [1.54, 1.807) is 31.2 Å². The van der Waals surface area contributed by atoms with Gasteiger partial charge in [-0.1, -0.05) is 24.8 Å². The van der Waals surface area contributed by atoms with Crippen molar-refractivity contribution in [1.82, 2.24) is 0 Å². The summed E-state index contributed by atoms with van der Waals surface area (Å²) in [4.78, 5) is 23.1. The molecule has 0 atom stereocenters. The Labute approximate surface area is 99.8 Å². The van der Waals surface area contributed by atoms with Crippen molar-refractivity contribution >= 4 is 11.8 Å². The summed E-state index contributed by atoms with van der Waals surface area (Å²) in [5, 5.41) is 0. The summed E-state index contributed by atoms with van der Waals surface area (Å²) in [6.45, 7) is 5.60. The summed E-state index contributed by atoms with van der Waals surface area (Å²) < 4.78 is 9.94. The minimum absolute atomic E-state index is 0.167. The van der Waals surface area contributed by atoms with Crippen LogP contribution >= 0.6 is 0 Å². The number of carbonyl (C=O) groups is 2. The normalized spacial score (nSPS) is 9.47. The largest absolute Gasteiger partial charge is 0.489 e. The van der Waals surface area contributed by atoms with E-state index in [-0.39, 0.29) is 18.8 Å². The molecular formula is C13H14O4. The molecule has 0 saturated carbocycles. The first-order valence-corrected chi connectivity index (χ1v) is 5.24. The highest BCUT2D eigenvalue weighted by Crippen LogP contribution is 2.18. The zero-order valence-corrected chi connectivity index (χ0v) is 9.64. The highest BCUT2D eigenvalue weighted by atomic mass is 16.5. The first-order chi connectivity index (χ1) is 8.20. The molecular weight excluding hydrogens is 220 g/mol. The summed E-state index contributed by atoms with van der Waals surface area (Å²) in [7, 11) is 0. The lowest BCUT2D eigenvalue weighted by Crippen LogP contribution is -2.18. The lowest BCUT2D eigenvalue weighted by Gasteiger charge is -2.08. The van der Waals surface area contributed by atoms with Crippen molar-refractivity contribution < 1.29 is 19.1 Å². The number of Topliss-reactive ketones (excluding diaryl/α,β-unsaturated/α-hetero) is 1. The number of esters is 1. The number of ether oxygens (including phenoxy) is 2. The van der Waals surface area contributed by atoms with E-state index in [1.807, 2.05) is 0 Å². The van der Waals surface area contributed by atoms with E-state index < -0.39 is 11.8 Å². The predicted molar refractivity (Wildman–Crippen MR) is 63.1 cm³/mol. The van der Waals surface area contributed by atoms with Gasteiger partial charge < -0.3 is 9.47 Å². The van der Waals surface area contributed by atoms with Crippen LogP contribution in [-0.4, -0.2) is 25.0 Å². The van der Waals surface area contributed by atoms with Gasteiger partial charge in [-0.2, -0.15) is 0 Å². The van der Waals surface area contributed by atoms with Crippen LogP contribution in [0.2, 0.25) is 0 Å². The molecule has 0 fully saturated rings. The van der Waals surface area contributed by atoms with Gasteiger partial charge in [-0.05, 0) is 19.1 Å². The van der Waals surface area contributed by atoms with Crippen LogP contribution in [0.1, 0.15) is 17.3 Å². The number of para-hydroxylation sites is 1. The van der Waals surface area contributed by atoms with E-state index in [0.717, 1.165) is 0 Å². The molecule has 0 aliphatic heterocycles. The average Bonchev–Trinajstić information content (AvgIpc) is 2.36. The Morgan fingerprint density at radius 2 is 2.06 bits per heavy atom.